The minimum absolute atomic E-state index is 0. The summed E-state index contributed by atoms with van der Waals surface area (Å²) in [6, 6.07) is 0. The summed E-state index contributed by atoms with van der Waals surface area (Å²) in [4.78, 5) is 0. The van der Waals surface area contributed by atoms with Gasteiger partial charge in [0.25, 0.3) is 0 Å². The Morgan fingerprint density at radius 3 is 2.08 bits per heavy atom. The summed E-state index contributed by atoms with van der Waals surface area (Å²) in [7, 11) is 0. The van der Waals surface area contributed by atoms with Crippen LogP contribution in [0.5, 0.6) is 0 Å². The fourth-order valence-corrected chi connectivity index (χ4v) is 1.35. The molecular formula is C6H11AuO4S. The quantitative estimate of drug-likeness (QED) is 0.350. The average Bonchev–Trinajstić information content (AvgIpc) is 1.97. The van der Waals surface area contributed by atoms with Crippen LogP contribution < -0.4 is 0 Å². The van der Waals surface area contributed by atoms with Crippen LogP contribution in [-0.2, 0) is 39.7 Å². The van der Waals surface area contributed by atoms with Crippen LogP contribution in [0.3, 0.4) is 0 Å². The molecule has 0 aromatic heterocycles. The van der Waals surface area contributed by atoms with Crippen molar-refractivity contribution in [2.24, 2.45) is 0 Å². The van der Waals surface area contributed by atoms with Crippen LogP contribution >= 0.6 is 0 Å². The van der Waals surface area contributed by atoms with Crippen molar-refractivity contribution in [1.29, 1.82) is 0 Å². The van der Waals surface area contributed by atoms with E-state index in [1.807, 2.05) is 0 Å². The Bertz CT molecular complexity index is 134. The van der Waals surface area contributed by atoms with Gasteiger partial charge in [0.2, 0.25) is 0 Å². The van der Waals surface area contributed by atoms with Gasteiger partial charge in [0.15, 0.2) is 0 Å². The third-order valence-corrected chi connectivity index (χ3v) is 2.20. The van der Waals surface area contributed by atoms with Gasteiger partial charge in [-0.05, 0) is 12.4 Å². The molecule has 3 N–H and O–H groups in total. The van der Waals surface area contributed by atoms with E-state index in [0.717, 1.165) is 0 Å². The Hall–Kier alpha value is 0.930. The van der Waals surface area contributed by atoms with Crippen molar-refractivity contribution in [3.63, 3.8) is 0 Å². The Kier molecular flexibility index (Phi) is 5.36. The van der Waals surface area contributed by atoms with E-state index in [2.05, 4.69) is 12.6 Å². The molecule has 0 radical (unpaired) electrons. The van der Waals surface area contributed by atoms with Gasteiger partial charge in [0.05, 0.1) is 12.2 Å². The van der Waals surface area contributed by atoms with Gasteiger partial charge in [-0.2, -0.15) is 0 Å². The first-order valence-electron chi connectivity index (χ1n) is 3.39. The van der Waals surface area contributed by atoms with E-state index >= 15 is 0 Å². The molecule has 0 aliphatic carbocycles. The average molecular weight is 376 g/mol. The zero-order valence-corrected chi connectivity index (χ0v) is 9.33. The largest absolute Gasteiger partial charge is 1.00 e. The molecule has 0 amide bonds. The Morgan fingerprint density at radius 1 is 1.08 bits per heavy atom. The predicted molar refractivity (Wildman–Crippen MR) is 39.7 cm³/mol. The second-order valence-electron chi connectivity index (χ2n) is 2.68. The number of hydrogen-bond acceptors (Lipinski definition) is 5. The number of ether oxygens (including phenoxy) is 1. The van der Waals surface area contributed by atoms with Gasteiger partial charge in [-0.15, -0.1) is 0 Å². The summed E-state index contributed by atoms with van der Waals surface area (Å²) >= 11 is 4.68. The molecule has 1 fully saturated rings. The van der Waals surface area contributed by atoms with Crippen LogP contribution in [0.2, 0.25) is 0 Å². The van der Waals surface area contributed by atoms with Gasteiger partial charge in [-0.1, -0.05) is 0 Å². The molecule has 1 heterocycles. The van der Waals surface area contributed by atoms with Crippen molar-refractivity contribution in [3.8, 4) is 0 Å². The molecule has 76 valence electrons. The first-order chi connectivity index (χ1) is 5.04. The second-order valence-corrected chi connectivity index (χ2v) is 3.15. The maximum atomic E-state index is 9.15. The predicted octanol–water partition coefficient (Wildman–Crippen LogP) is -1.64. The van der Waals surface area contributed by atoms with Gasteiger partial charge < -0.3 is 32.7 Å². The normalized spacial score (nSPS) is 48.2. The molecule has 5 atom stereocenters. The molecular weight excluding hydrogens is 365 g/mol. The minimum atomic E-state index is -1.19. The van der Waals surface area contributed by atoms with Gasteiger partial charge >= 0.3 is 22.4 Å². The van der Waals surface area contributed by atoms with E-state index in [-0.39, 0.29) is 22.4 Å². The van der Waals surface area contributed by atoms with Crippen LogP contribution in [0, 0.1) is 0 Å². The van der Waals surface area contributed by atoms with E-state index in [4.69, 9.17) is 20.1 Å². The summed E-state index contributed by atoms with van der Waals surface area (Å²) in [5.74, 6) is 0. The number of aliphatic hydroxyl groups excluding tert-OH is 3. The summed E-state index contributed by atoms with van der Waals surface area (Å²) < 4.78 is 4.94. The van der Waals surface area contributed by atoms with E-state index in [1.165, 1.54) is 0 Å². The third kappa shape index (κ3) is 2.46. The Balaban J connectivity index is 0.00000121. The SMILES string of the molecule is CC1OC([S-])C(O)C(O)C1O.[Au+]. The molecule has 0 aromatic rings. The fourth-order valence-electron chi connectivity index (χ4n) is 1.01. The summed E-state index contributed by atoms with van der Waals surface area (Å²) in [6.07, 6.45) is -3.93. The Labute approximate surface area is 91.8 Å². The van der Waals surface area contributed by atoms with Gasteiger partial charge in [0.1, 0.15) is 12.2 Å². The smallest absolute Gasteiger partial charge is 0.759 e. The molecule has 1 aliphatic rings. The second kappa shape index (κ2) is 4.97. The van der Waals surface area contributed by atoms with Crippen molar-refractivity contribution in [2.75, 3.05) is 0 Å². The molecule has 1 saturated heterocycles. The molecule has 5 unspecified atom stereocenters. The summed E-state index contributed by atoms with van der Waals surface area (Å²) in [5.41, 5.74) is -0.830. The van der Waals surface area contributed by atoms with Gasteiger partial charge in [-0.3, -0.25) is 0 Å². The monoisotopic (exact) mass is 376 g/mol. The number of rotatable bonds is 0. The zero-order chi connectivity index (χ0) is 8.59. The molecule has 12 heavy (non-hydrogen) atoms. The third-order valence-electron chi connectivity index (χ3n) is 1.81. The van der Waals surface area contributed by atoms with Crippen LogP contribution in [0.15, 0.2) is 0 Å². The van der Waals surface area contributed by atoms with Gasteiger partial charge in [-0.25, -0.2) is 0 Å². The van der Waals surface area contributed by atoms with E-state index in [9.17, 15) is 0 Å². The molecule has 0 aromatic carbocycles. The standard InChI is InChI=1S/C6H12O4S.Au/c1-2-3(7)4(8)5(9)6(11)10-2;/h2-9,11H,1H3;/q;+1/p-1. The van der Waals surface area contributed by atoms with E-state index in [1.54, 1.807) is 6.92 Å². The number of aliphatic hydroxyl groups is 3. The first-order valence-corrected chi connectivity index (χ1v) is 3.86. The van der Waals surface area contributed by atoms with Crippen molar-refractivity contribution in [3.05, 3.63) is 0 Å². The Morgan fingerprint density at radius 2 is 1.58 bits per heavy atom. The molecule has 1 aliphatic heterocycles. The minimum Gasteiger partial charge on any atom is -0.759 e. The first kappa shape index (κ1) is 12.9. The van der Waals surface area contributed by atoms with Crippen LogP contribution in [-0.4, -0.2) is 45.2 Å². The molecule has 4 nitrogen and oxygen atoms in total. The van der Waals surface area contributed by atoms with Crippen LogP contribution in [0.1, 0.15) is 6.92 Å². The molecule has 6 heteroatoms. The molecule has 1 rings (SSSR count). The topological polar surface area (TPSA) is 69.9 Å². The van der Waals surface area contributed by atoms with Crippen molar-refractivity contribution < 1.29 is 42.4 Å². The van der Waals surface area contributed by atoms with Gasteiger partial charge in [0, 0.05) is 0 Å². The van der Waals surface area contributed by atoms with Crippen LogP contribution in [0.25, 0.3) is 0 Å². The molecule has 0 saturated carbocycles. The van der Waals surface area contributed by atoms with Crippen molar-refractivity contribution >= 4 is 12.6 Å². The zero-order valence-electron chi connectivity index (χ0n) is 6.35. The van der Waals surface area contributed by atoms with E-state index < -0.39 is 29.9 Å². The fraction of sp³-hybridized carbons (Fsp3) is 1.00. The molecule has 0 spiro atoms. The maximum Gasteiger partial charge on any atom is 1.00 e. The van der Waals surface area contributed by atoms with Crippen molar-refractivity contribution in [1.82, 2.24) is 0 Å². The molecule has 0 bridgehead atoms. The van der Waals surface area contributed by atoms with Crippen molar-refractivity contribution in [2.45, 2.75) is 36.8 Å². The number of hydrogen-bond donors (Lipinski definition) is 3. The summed E-state index contributed by atoms with van der Waals surface area (Å²) in [6.45, 7) is 1.60. The summed E-state index contributed by atoms with van der Waals surface area (Å²) in [5, 5.41) is 27.4. The van der Waals surface area contributed by atoms with Crippen LogP contribution in [0.4, 0.5) is 0 Å². The maximum absolute atomic E-state index is 9.15. The van der Waals surface area contributed by atoms with E-state index in [0.29, 0.717) is 0 Å².